The third-order valence-corrected chi connectivity index (χ3v) is 3.58. The fourth-order valence-corrected chi connectivity index (χ4v) is 2.52. The van der Waals surface area contributed by atoms with Gasteiger partial charge in [0.15, 0.2) is 0 Å². The van der Waals surface area contributed by atoms with Crippen molar-refractivity contribution in [3.8, 4) is 0 Å². The summed E-state index contributed by atoms with van der Waals surface area (Å²) in [5.74, 6) is 0. The first-order valence-electron chi connectivity index (χ1n) is 4.16. The highest BCUT2D eigenvalue weighted by molar-refractivity contribution is 7.89. The van der Waals surface area contributed by atoms with E-state index in [4.69, 9.17) is 17.3 Å². The smallest absolute Gasteiger partial charge is 0.251 e. The van der Waals surface area contributed by atoms with Crippen LogP contribution in [0.25, 0.3) is 0 Å². The van der Waals surface area contributed by atoms with Crippen molar-refractivity contribution in [1.29, 1.82) is 0 Å². The number of benzene rings is 1. The SMILES string of the molecule is Nc1ccc(Cl)c(S(=O)(=O)NCC(F)F)c1. The van der Waals surface area contributed by atoms with E-state index in [1.54, 1.807) is 4.72 Å². The van der Waals surface area contributed by atoms with Gasteiger partial charge in [-0.05, 0) is 18.2 Å². The topological polar surface area (TPSA) is 72.2 Å². The van der Waals surface area contributed by atoms with Gasteiger partial charge >= 0.3 is 0 Å². The van der Waals surface area contributed by atoms with E-state index in [0.717, 1.165) is 6.07 Å². The molecule has 0 fully saturated rings. The Morgan fingerprint density at radius 3 is 2.62 bits per heavy atom. The lowest BCUT2D eigenvalue weighted by Crippen LogP contribution is -2.28. The molecule has 4 nitrogen and oxygen atoms in total. The molecule has 0 heterocycles. The summed E-state index contributed by atoms with van der Waals surface area (Å²) in [5.41, 5.74) is 5.56. The van der Waals surface area contributed by atoms with Crippen molar-refractivity contribution in [3.05, 3.63) is 23.2 Å². The van der Waals surface area contributed by atoms with Crippen molar-refractivity contribution in [2.75, 3.05) is 12.3 Å². The molecule has 8 heteroatoms. The minimum Gasteiger partial charge on any atom is -0.399 e. The molecule has 0 radical (unpaired) electrons. The zero-order chi connectivity index (χ0) is 12.3. The molecule has 0 aliphatic rings. The van der Waals surface area contributed by atoms with E-state index in [1.807, 2.05) is 0 Å². The molecule has 0 aliphatic carbocycles. The number of nitrogens with one attached hydrogen (secondary N) is 1. The molecule has 0 saturated carbocycles. The van der Waals surface area contributed by atoms with E-state index in [9.17, 15) is 17.2 Å². The summed E-state index contributed by atoms with van der Waals surface area (Å²) < 4.78 is 48.5. The van der Waals surface area contributed by atoms with Gasteiger partial charge in [0.1, 0.15) is 4.90 Å². The van der Waals surface area contributed by atoms with Crippen LogP contribution in [0, 0.1) is 0 Å². The number of hydrogen-bond acceptors (Lipinski definition) is 3. The van der Waals surface area contributed by atoms with Crippen LogP contribution in [0.15, 0.2) is 23.1 Å². The Labute approximate surface area is 96.4 Å². The molecular weight excluding hydrogens is 262 g/mol. The lowest BCUT2D eigenvalue weighted by Gasteiger charge is -2.08. The van der Waals surface area contributed by atoms with Crippen molar-refractivity contribution in [3.63, 3.8) is 0 Å². The van der Waals surface area contributed by atoms with E-state index in [0.29, 0.717) is 0 Å². The largest absolute Gasteiger partial charge is 0.399 e. The number of rotatable bonds is 4. The highest BCUT2D eigenvalue weighted by atomic mass is 35.5. The van der Waals surface area contributed by atoms with Gasteiger partial charge in [0.25, 0.3) is 6.43 Å². The summed E-state index contributed by atoms with van der Waals surface area (Å²) >= 11 is 5.63. The van der Waals surface area contributed by atoms with Gasteiger partial charge in [-0.15, -0.1) is 0 Å². The Kier molecular flexibility index (Phi) is 4.06. The molecule has 0 spiro atoms. The molecule has 90 valence electrons. The van der Waals surface area contributed by atoms with Gasteiger partial charge in [-0.25, -0.2) is 21.9 Å². The van der Waals surface area contributed by atoms with E-state index in [-0.39, 0.29) is 15.6 Å². The Bertz CT molecular complexity index is 479. The Balaban J connectivity index is 3.02. The molecule has 0 saturated heterocycles. The third-order valence-electron chi connectivity index (χ3n) is 1.67. The van der Waals surface area contributed by atoms with Gasteiger partial charge in [0, 0.05) is 5.69 Å². The van der Waals surface area contributed by atoms with Crippen molar-refractivity contribution >= 4 is 27.3 Å². The number of alkyl halides is 2. The molecule has 1 rings (SSSR count). The molecular formula is C8H9ClF2N2O2S. The van der Waals surface area contributed by atoms with Crippen molar-refractivity contribution < 1.29 is 17.2 Å². The second kappa shape index (κ2) is 4.94. The summed E-state index contributed by atoms with van der Waals surface area (Å²) in [7, 11) is -4.05. The minimum atomic E-state index is -4.05. The number of anilines is 1. The standard InChI is InChI=1S/C8H9ClF2N2O2S/c9-6-2-1-5(12)3-7(6)16(14,15)13-4-8(10)11/h1-3,8,13H,4,12H2. The zero-order valence-corrected chi connectivity index (χ0v) is 9.52. The highest BCUT2D eigenvalue weighted by Crippen LogP contribution is 2.23. The molecule has 3 N–H and O–H groups in total. The maximum atomic E-state index is 11.9. The van der Waals surface area contributed by atoms with Crippen LogP contribution in [0.5, 0.6) is 0 Å². The van der Waals surface area contributed by atoms with Gasteiger partial charge in [0.05, 0.1) is 11.6 Å². The third kappa shape index (κ3) is 3.29. The maximum Gasteiger partial charge on any atom is 0.251 e. The predicted molar refractivity (Wildman–Crippen MR) is 57.1 cm³/mol. The van der Waals surface area contributed by atoms with Crippen molar-refractivity contribution in [1.82, 2.24) is 4.72 Å². The van der Waals surface area contributed by atoms with Crippen LogP contribution >= 0.6 is 11.6 Å². The summed E-state index contributed by atoms with van der Waals surface area (Å²) in [6, 6.07) is 3.80. The van der Waals surface area contributed by atoms with Crippen LogP contribution in [0.1, 0.15) is 0 Å². The van der Waals surface area contributed by atoms with E-state index >= 15 is 0 Å². The molecule has 0 atom stereocenters. The first kappa shape index (κ1) is 13.1. The summed E-state index contributed by atoms with van der Waals surface area (Å²) in [4.78, 5) is -0.310. The highest BCUT2D eigenvalue weighted by Gasteiger charge is 2.19. The van der Waals surface area contributed by atoms with Crippen LogP contribution in [-0.2, 0) is 10.0 Å². The maximum absolute atomic E-state index is 11.9. The Morgan fingerprint density at radius 1 is 1.44 bits per heavy atom. The van der Waals surface area contributed by atoms with Gasteiger partial charge in [0.2, 0.25) is 10.0 Å². The Hall–Kier alpha value is -0.920. The van der Waals surface area contributed by atoms with E-state index in [2.05, 4.69) is 0 Å². The van der Waals surface area contributed by atoms with E-state index < -0.39 is 23.0 Å². The minimum absolute atomic E-state index is 0.0732. The quantitative estimate of drug-likeness (QED) is 0.814. The number of nitrogen functional groups attached to an aromatic ring is 1. The zero-order valence-electron chi connectivity index (χ0n) is 7.95. The first-order valence-corrected chi connectivity index (χ1v) is 6.02. The fraction of sp³-hybridized carbons (Fsp3) is 0.250. The van der Waals surface area contributed by atoms with Crippen molar-refractivity contribution in [2.45, 2.75) is 11.3 Å². The monoisotopic (exact) mass is 270 g/mol. The number of sulfonamides is 1. The number of halogens is 3. The van der Waals surface area contributed by atoms with Crippen LogP contribution < -0.4 is 10.5 Å². The molecule has 1 aromatic rings. The molecule has 0 amide bonds. The Morgan fingerprint density at radius 2 is 2.06 bits per heavy atom. The second-order valence-electron chi connectivity index (χ2n) is 2.93. The molecule has 16 heavy (non-hydrogen) atoms. The van der Waals surface area contributed by atoms with Crippen molar-refractivity contribution in [2.24, 2.45) is 0 Å². The fourth-order valence-electron chi connectivity index (χ4n) is 0.976. The summed E-state index contributed by atoms with van der Waals surface area (Å²) in [6.07, 6.45) is -2.77. The molecule has 1 aromatic carbocycles. The number of nitrogens with two attached hydrogens (primary N) is 1. The summed E-state index contributed by atoms with van der Waals surface area (Å²) in [6.45, 7) is -0.965. The lowest BCUT2D eigenvalue weighted by atomic mass is 10.3. The molecule has 0 aliphatic heterocycles. The molecule has 0 bridgehead atoms. The summed E-state index contributed by atoms with van der Waals surface area (Å²) in [5, 5.41) is -0.0732. The normalized spacial score (nSPS) is 12.0. The van der Waals surface area contributed by atoms with Gasteiger partial charge in [-0.1, -0.05) is 11.6 Å². The average Bonchev–Trinajstić information content (AvgIpc) is 2.19. The second-order valence-corrected chi connectivity index (χ2v) is 5.08. The van der Waals surface area contributed by atoms with Crippen LogP contribution in [0.4, 0.5) is 14.5 Å². The number of hydrogen-bond donors (Lipinski definition) is 2. The van der Waals surface area contributed by atoms with Crippen LogP contribution in [0.2, 0.25) is 5.02 Å². The van der Waals surface area contributed by atoms with Crippen LogP contribution in [0.3, 0.4) is 0 Å². The lowest BCUT2D eigenvalue weighted by molar-refractivity contribution is 0.153. The first-order chi connectivity index (χ1) is 7.33. The average molecular weight is 271 g/mol. The molecule has 0 unspecified atom stereocenters. The van der Waals surface area contributed by atoms with Gasteiger partial charge in [-0.3, -0.25) is 0 Å². The van der Waals surface area contributed by atoms with Crippen LogP contribution in [-0.4, -0.2) is 21.4 Å². The van der Waals surface area contributed by atoms with Gasteiger partial charge in [-0.2, -0.15) is 0 Å². The van der Waals surface area contributed by atoms with E-state index in [1.165, 1.54) is 12.1 Å². The molecule has 0 aromatic heterocycles. The predicted octanol–water partition coefficient (Wildman–Crippen LogP) is 1.47. The van der Waals surface area contributed by atoms with Gasteiger partial charge < -0.3 is 5.73 Å².